The van der Waals surface area contributed by atoms with E-state index in [1.165, 1.54) is 13.0 Å². The molecule has 0 saturated carbocycles. The third-order valence-electron chi connectivity index (χ3n) is 3.46. The van der Waals surface area contributed by atoms with Crippen molar-refractivity contribution in [2.24, 2.45) is 5.41 Å². The summed E-state index contributed by atoms with van der Waals surface area (Å²) in [5.41, 5.74) is 0.141. The van der Waals surface area contributed by atoms with Crippen molar-refractivity contribution in [2.45, 2.75) is 85.6 Å². The first-order valence-corrected chi connectivity index (χ1v) is 6.96. The van der Waals surface area contributed by atoms with E-state index in [2.05, 4.69) is 60.3 Å². The van der Waals surface area contributed by atoms with Crippen molar-refractivity contribution >= 4 is 0 Å². The Morgan fingerprint density at radius 2 is 1.59 bits per heavy atom. The Kier molecular flexibility index (Phi) is 4.31. The predicted octanol–water partition coefficient (Wildman–Crippen LogP) is 3.70. The summed E-state index contributed by atoms with van der Waals surface area (Å²) >= 11 is 0. The molecule has 2 unspecified atom stereocenters. The van der Waals surface area contributed by atoms with Gasteiger partial charge in [0.1, 0.15) is 0 Å². The highest BCUT2D eigenvalue weighted by molar-refractivity contribution is 4.96. The molecule has 0 radical (unpaired) electrons. The first kappa shape index (κ1) is 15.0. The molecule has 1 aliphatic heterocycles. The number of nitrogens with zero attached hydrogens (tertiary/aromatic N) is 1. The van der Waals surface area contributed by atoms with Gasteiger partial charge in [0.2, 0.25) is 0 Å². The summed E-state index contributed by atoms with van der Waals surface area (Å²) in [6.45, 7) is 19.1. The summed E-state index contributed by atoms with van der Waals surface area (Å²) in [7, 11) is 0. The minimum Gasteiger partial charge on any atom is -0.370 e. The molecule has 0 amide bonds. The fourth-order valence-electron chi connectivity index (χ4n) is 2.61. The molecule has 2 nitrogen and oxygen atoms in total. The zero-order chi connectivity index (χ0) is 13.4. The van der Waals surface area contributed by atoms with Gasteiger partial charge in [-0.1, -0.05) is 20.8 Å². The fraction of sp³-hybridized carbons (Fsp3) is 1.00. The SMILES string of the molecule is CC(C)N1CCC1C(OC(C)(C)C)C(C)(C)C. The van der Waals surface area contributed by atoms with Gasteiger partial charge in [-0.2, -0.15) is 0 Å². The second kappa shape index (κ2) is 4.89. The lowest BCUT2D eigenvalue weighted by molar-refractivity contribution is -0.164. The first-order valence-electron chi connectivity index (χ1n) is 6.96. The monoisotopic (exact) mass is 241 g/mol. The van der Waals surface area contributed by atoms with Crippen molar-refractivity contribution in [3.05, 3.63) is 0 Å². The Balaban J connectivity index is 2.78. The summed E-state index contributed by atoms with van der Waals surface area (Å²) in [5, 5.41) is 0. The normalized spacial score (nSPS) is 24.9. The van der Waals surface area contributed by atoms with Gasteiger partial charge in [0, 0.05) is 18.6 Å². The second-order valence-electron chi connectivity index (χ2n) is 7.70. The molecule has 0 aromatic heterocycles. The molecule has 0 aromatic carbocycles. The average molecular weight is 241 g/mol. The summed E-state index contributed by atoms with van der Waals surface area (Å²) in [4.78, 5) is 2.57. The van der Waals surface area contributed by atoms with Gasteiger partial charge in [0.15, 0.2) is 0 Å². The molecule has 1 saturated heterocycles. The third-order valence-corrected chi connectivity index (χ3v) is 3.46. The topological polar surface area (TPSA) is 12.5 Å². The summed E-state index contributed by atoms with van der Waals surface area (Å²) in [5.74, 6) is 0. The van der Waals surface area contributed by atoms with Crippen LogP contribution in [0.2, 0.25) is 0 Å². The maximum absolute atomic E-state index is 6.34. The number of hydrogen-bond acceptors (Lipinski definition) is 2. The second-order valence-corrected chi connectivity index (χ2v) is 7.70. The van der Waals surface area contributed by atoms with E-state index in [4.69, 9.17) is 4.74 Å². The van der Waals surface area contributed by atoms with Gasteiger partial charge in [-0.15, -0.1) is 0 Å². The van der Waals surface area contributed by atoms with Crippen LogP contribution in [0.4, 0.5) is 0 Å². The number of hydrogen-bond donors (Lipinski definition) is 0. The van der Waals surface area contributed by atoms with Crippen LogP contribution in [0, 0.1) is 5.41 Å². The van der Waals surface area contributed by atoms with Crippen LogP contribution < -0.4 is 0 Å². The van der Waals surface area contributed by atoms with Gasteiger partial charge in [-0.05, 0) is 46.5 Å². The van der Waals surface area contributed by atoms with E-state index >= 15 is 0 Å². The van der Waals surface area contributed by atoms with Crippen LogP contribution in [-0.2, 0) is 4.74 Å². The summed E-state index contributed by atoms with van der Waals surface area (Å²) in [6.07, 6.45) is 1.59. The lowest BCUT2D eigenvalue weighted by Crippen LogP contribution is -2.61. The molecule has 1 aliphatic rings. The van der Waals surface area contributed by atoms with E-state index in [9.17, 15) is 0 Å². The van der Waals surface area contributed by atoms with Gasteiger partial charge in [0.05, 0.1) is 11.7 Å². The zero-order valence-electron chi connectivity index (χ0n) is 13.0. The van der Waals surface area contributed by atoms with Crippen molar-refractivity contribution in [3.63, 3.8) is 0 Å². The molecule has 2 atom stereocenters. The number of rotatable bonds is 3. The average Bonchev–Trinajstić information content (AvgIpc) is 1.94. The Hall–Kier alpha value is -0.0800. The first-order chi connectivity index (χ1) is 7.52. The number of ether oxygens (including phenoxy) is 1. The van der Waals surface area contributed by atoms with Crippen molar-refractivity contribution in [1.29, 1.82) is 0 Å². The molecular weight excluding hydrogens is 210 g/mol. The Morgan fingerprint density at radius 1 is 1.06 bits per heavy atom. The van der Waals surface area contributed by atoms with Crippen molar-refractivity contribution in [3.8, 4) is 0 Å². The van der Waals surface area contributed by atoms with Crippen LogP contribution in [0.25, 0.3) is 0 Å². The molecule has 1 rings (SSSR count). The Morgan fingerprint density at radius 3 is 1.82 bits per heavy atom. The quantitative estimate of drug-likeness (QED) is 0.747. The standard InChI is InChI=1S/C15H31NO/c1-11(2)16-10-9-12(16)13(14(3,4)5)17-15(6,7)8/h11-13H,9-10H2,1-8H3. The third kappa shape index (κ3) is 3.96. The van der Waals surface area contributed by atoms with Crippen LogP contribution in [0.1, 0.15) is 61.8 Å². The maximum Gasteiger partial charge on any atom is 0.0786 e. The lowest BCUT2D eigenvalue weighted by atomic mass is 9.79. The van der Waals surface area contributed by atoms with Crippen LogP contribution in [0.5, 0.6) is 0 Å². The smallest absolute Gasteiger partial charge is 0.0786 e. The van der Waals surface area contributed by atoms with Gasteiger partial charge in [-0.25, -0.2) is 0 Å². The van der Waals surface area contributed by atoms with E-state index in [-0.39, 0.29) is 11.0 Å². The highest BCUT2D eigenvalue weighted by atomic mass is 16.5. The summed E-state index contributed by atoms with van der Waals surface area (Å²) in [6, 6.07) is 1.22. The van der Waals surface area contributed by atoms with Crippen LogP contribution >= 0.6 is 0 Å². The summed E-state index contributed by atoms with van der Waals surface area (Å²) < 4.78 is 6.34. The lowest BCUT2D eigenvalue weighted by Gasteiger charge is -2.52. The van der Waals surface area contributed by atoms with Crippen molar-refractivity contribution < 1.29 is 4.74 Å². The predicted molar refractivity (Wildman–Crippen MR) is 74.3 cm³/mol. The van der Waals surface area contributed by atoms with Crippen molar-refractivity contribution in [2.75, 3.05) is 6.54 Å². The molecule has 2 heteroatoms. The molecule has 102 valence electrons. The minimum absolute atomic E-state index is 0.0593. The van der Waals surface area contributed by atoms with E-state index in [1.54, 1.807) is 0 Å². The van der Waals surface area contributed by atoms with E-state index < -0.39 is 0 Å². The van der Waals surface area contributed by atoms with Gasteiger partial charge >= 0.3 is 0 Å². The molecule has 1 fully saturated rings. The van der Waals surface area contributed by atoms with Crippen LogP contribution in [0.3, 0.4) is 0 Å². The Labute approximate surface area is 108 Å². The molecule has 0 spiro atoms. The maximum atomic E-state index is 6.34. The number of likely N-dealkylation sites (tertiary alicyclic amines) is 1. The molecule has 0 N–H and O–H groups in total. The molecule has 0 aromatic rings. The fourth-order valence-corrected chi connectivity index (χ4v) is 2.61. The van der Waals surface area contributed by atoms with Gasteiger partial charge in [0.25, 0.3) is 0 Å². The molecule has 0 bridgehead atoms. The van der Waals surface area contributed by atoms with Crippen molar-refractivity contribution in [1.82, 2.24) is 4.90 Å². The molecule has 17 heavy (non-hydrogen) atoms. The Bertz CT molecular complexity index is 247. The molecule has 1 heterocycles. The minimum atomic E-state index is -0.0593. The van der Waals surface area contributed by atoms with E-state index in [0.717, 1.165) is 0 Å². The van der Waals surface area contributed by atoms with Gasteiger partial charge in [-0.3, -0.25) is 4.90 Å². The van der Waals surface area contributed by atoms with Crippen LogP contribution in [0.15, 0.2) is 0 Å². The molecular formula is C15H31NO. The van der Waals surface area contributed by atoms with E-state index in [1.807, 2.05) is 0 Å². The highest BCUT2D eigenvalue weighted by Gasteiger charge is 2.43. The molecule has 0 aliphatic carbocycles. The van der Waals surface area contributed by atoms with E-state index in [0.29, 0.717) is 18.2 Å². The highest BCUT2D eigenvalue weighted by Crippen LogP contribution is 2.36. The van der Waals surface area contributed by atoms with Gasteiger partial charge < -0.3 is 4.74 Å². The zero-order valence-corrected chi connectivity index (χ0v) is 13.0. The largest absolute Gasteiger partial charge is 0.370 e. The van der Waals surface area contributed by atoms with Crippen LogP contribution in [-0.4, -0.2) is 35.2 Å².